The van der Waals surface area contributed by atoms with Crippen molar-refractivity contribution in [3.8, 4) is 0 Å². The second-order valence-corrected chi connectivity index (χ2v) is 8.32. The molecule has 2 saturated heterocycles. The number of hydrogen-bond donors (Lipinski definition) is 0. The van der Waals surface area contributed by atoms with Gasteiger partial charge in [0.2, 0.25) is 5.91 Å². The summed E-state index contributed by atoms with van der Waals surface area (Å²) in [7, 11) is 0. The van der Waals surface area contributed by atoms with Gasteiger partial charge in [0.15, 0.2) is 5.65 Å². The zero-order valence-electron chi connectivity index (χ0n) is 16.6. The Morgan fingerprint density at radius 1 is 0.933 bits per heavy atom. The third-order valence-electron chi connectivity index (χ3n) is 6.11. The van der Waals surface area contributed by atoms with Crippen molar-refractivity contribution in [2.45, 2.75) is 12.8 Å². The van der Waals surface area contributed by atoms with E-state index < -0.39 is 0 Å². The van der Waals surface area contributed by atoms with Gasteiger partial charge in [-0.05, 0) is 31.0 Å². The largest absolute Gasteiger partial charge is 0.370 e. The molecule has 7 nitrogen and oxygen atoms in total. The summed E-state index contributed by atoms with van der Waals surface area (Å²) in [6, 6.07) is 8.82. The van der Waals surface area contributed by atoms with Crippen LogP contribution in [0.5, 0.6) is 0 Å². The number of aromatic nitrogens is 3. The minimum atomic E-state index is -0.204. The van der Waals surface area contributed by atoms with Gasteiger partial charge >= 0.3 is 0 Å². The van der Waals surface area contributed by atoms with Gasteiger partial charge in [-0.25, -0.2) is 9.37 Å². The van der Waals surface area contributed by atoms with Gasteiger partial charge < -0.3 is 14.7 Å². The van der Waals surface area contributed by atoms with E-state index in [2.05, 4.69) is 18.6 Å². The van der Waals surface area contributed by atoms with Crippen LogP contribution in [-0.2, 0) is 4.79 Å². The fourth-order valence-corrected chi connectivity index (χ4v) is 4.95. The summed E-state index contributed by atoms with van der Waals surface area (Å²) in [5, 5.41) is 0. The summed E-state index contributed by atoms with van der Waals surface area (Å²) >= 11 is 1.18. The number of fused-ring (bicyclic) bond motifs is 1. The van der Waals surface area contributed by atoms with E-state index in [9.17, 15) is 9.18 Å². The summed E-state index contributed by atoms with van der Waals surface area (Å²) in [4.78, 5) is 23.6. The van der Waals surface area contributed by atoms with Crippen LogP contribution in [-0.4, -0.2) is 63.8 Å². The maximum Gasteiger partial charge on any atom is 0.225 e. The van der Waals surface area contributed by atoms with Crippen LogP contribution in [0, 0.1) is 11.7 Å². The Balaban J connectivity index is 1.18. The first-order valence-electron chi connectivity index (χ1n) is 10.3. The number of rotatable bonds is 3. The Morgan fingerprint density at radius 3 is 2.43 bits per heavy atom. The van der Waals surface area contributed by atoms with Crippen molar-refractivity contribution in [2.24, 2.45) is 5.92 Å². The molecule has 1 aromatic carbocycles. The highest BCUT2D eigenvalue weighted by atomic mass is 32.1. The molecule has 0 unspecified atom stereocenters. The van der Waals surface area contributed by atoms with Crippen LogP contribution in [0.2, 0.25) is 0 Å². The zero-order valence-corrected chi connectivity index (χ0v) is 17.4. The van der Waals surface area contributed by atoms with E-state index in [1.807, 2.05) is 21.9 Å². The van der Waals surface area contributed by atoms with Gasteiger partial charge in [-0.1, -0.05) is 12.1 Å². The molecule has 1 amide bonds. The first-order chi connectivity index (χ1) is 14.7. The average molecular weight is 427 g/mol. The maximum atomic E-state index is 14.0. The fourth-order valence-electron chi connectivity index (χ4n) is 4.44. The monoisotopic (exact) mass is 426 g/mol. The van der Waals surface area contributed by atoms with Crippen molar-refractivity contribution in [1.82, 2.24) is 18.6 Å². The molecule has 2 fully saturated rings. The summed E-state index contributed by atoms with van der Waals surface area (Å²) in [5.74, 6) is 0.0790. The SMILES string of the molecule is O=C(C1CCN(c2ccnc3nsnc23)CC1)N1CCN(c2ccccc2F)CC1. The van der Waals surface area contributed by atoms with Crippen molar-refractivity contribution in [3.05, 3.63) is 42.3 Å². The number of para-hydroxylation sites is 1. The third-order valence-corrected chi connectivity index (χ3v) is 6.63. The van der Waals surface area contributed by atoms with E-state index in [0.717, 1.165) is 37.1 Å². The second-order valence-electron chi connectivity index (χ2n) is 7.79. The number of amides is 1. The minimum absolute atomic E-state index is 0.0483. The predicted molar refractivity (Wildman–Crippen MR) is 115 cm³/mol. The fraction of sp³-hybridized carbons (Fsp3) is 0.429. The molecule has 0 N–H and O–H groups in total. The molecule has 156 valence electrons. The molecule has 0 saturated carbocycles. The van der Waals surface area contributed by atoms with Crippen molar-refractivity contribution in [3.63, 3.8) is 0 Å². The Labute approximate surface area is 178 Å². The van der Waals surface area contributed by atoms with Crippen LogP contribution >= 0.6 is 11.7 Å². The van der Waals surface area contributed by atoms with Gasteiger partial charge in [0.1, 0.15) is 11.3 Å². The smallest absolute Gasteiger partial charge is 0.225 e. The summed E-state index contributed by atoms with van der Waals surface area (Å²) in [5.41, 5.74) is 3.20. The summed E-state index contributed by atoms with van der Waals surface area (Å²) in [6.07, 6.45) is 3.42. The Hall–Kier alpha value is -2.81. The number of hydrogen-bond acceptors (Lipinski definition) is 7. The molecule has 0 aliphatic carbocycles. The topological polar surface area (TPSA) is 65.5 Å². The van der Waals surface area contributed by atoms with E-state index in [4.69, 9.17) is 0 Å². The lowest BCUT2D eigenvalue weighted by atomic mass is 9.94. The highest BCUT2D eigenvalue weighted by molar-refractivity contribution is 7.00. The van der Waals surface area contributed by atoms with Gasteiger partial charge in [0.25, 0.3) is 0 Å². The minimum Gasteiger partial charge on any atom is -0.370 e. The highest BCUT2D eigenvalue weighted by Crippen LogP contribution is 2.29. The Morgan fingerprint density at radius 2 is 1.67 bits per heavy atom. The van der Waals surface area contributed by atoms with Crippen LogP contribution in [0.4, 0.5) is 15.8 Å². The first-order valence-corrected chi connectivity index (χ1v) is 11.0. The van der Waals surface area contributed by atoms with Crippen molar-refractivity contribution in [2.75, 3.05) is 49.1 Å². The lowest BCUT2D eigenvalue weighted by Gasteiger charge is -2.39. The number of pyridine rings is 1. The third kappa shape index (κ3) is 3.58. The number of nitrogens with zero attached hydrogens (tertiary/aromatic N) is 6. The van der Waals surface area contributed by atoms with Crippen LogP contribution in [0.3, 0.4) is 0 Å². The van der Waals surface area contributed by atoms with Gasteiger partial charge in [0, 0.05) is 51.4 Å². The molecule has 2 aliphatic heterocycles. The number of halogens is 1. The average Bonchev–Trinajstić information content (AvgIpc) is 3.28. The summed E-state index contributed by atoms with van der Waals surface area (Å²) < 4.78 is 22.6. The zero-order chi connectivity index (χ0) is 20.5. The van der Waals surface area contributed by atoms with Crippen LogP contribution in [0.15, 0.2) is 36.5 Å². The molecule has 4 heterocycles. The molecule has 0 bridgehead atoms. The molecule has 9 heteroatoms. The lowest BCUT2D eigenvalue weighted by Crippen LogP contribution is -2.52. The normalized spacial score (nSPS) is 18.2. The quantitative estimate of drug-likeness (QED) is 0.642. The van der Waals surface area contributed by atoms with Gasteiger partial charge in [-0.3, -0.25) is 4.79 Å². The second kappa shape index (κ2) is 8.14. The van der Waals surface area contributed by atoms with Crippen LogP contribution in [0.1, 0.15) is 12.8 Å². The number of benzene rings is 1. The molecule has 2 aromatic heterocycles. The standard InChI is InChI=1S/C21H23FN6OS/c22-16-3-1-2-4-17(16)27-11-13-28(14-12-27)21(29)15-6-9-26(10-7-15)18-5-8-23-20-19(18)24-30-25-20/h1-5,8,15H,6-7,9-14H2. The molecular weight excluding hydrogens is 403 g/mol. The number of piperidine rings is 1. The summed E-state index contributed by atoms with van der Waals surface area (Å²) in [6.45, 7) is 4.25. The van der Waals surface area contributed by atoms with Crippen LogP contribution < -0.4 is 9.80 Å². The van der Waals surface area contributed by atoms with E-state index >= 15 is 0 Å². The molecule has 5 rings (SSSR count). The molecule has 0 radical (unpaired) electrons. The molecule has 30 heavy (non-hydrogen) atoms. The van der Waals surface area contributed by atoms with E-state index in [1.165, 1.54) is 17.8 Å². The predicted octanol–water partition coefficient (Wildman–Crippen LogP) is 2.79. The highest BCUT2D eigenvalue weighted by Gasteiger charge is 2.31. The van der Waals surface area contributed by atoms with Crippen molar-refractivity contribution >= 4 is 40.2 Å². The Bertz CT molecular complexity index is 1040. The van der Waals surface area contributed by atoms with Crippen molar-refractivity contribution < 1.29 is 9.18 Å². The van der Waals surface area contributed by atoms with Crippen LogP contribution in [0.25, 0.3) is 11.2 Å². The lowest BCUT2D eigenvalue weighted by molar-refractivity contribution is -0.136. The molecule has 0 spiro atoms. The maximum absolute atomic E-state index is 14.0. The first kappa shape index (κ1) is 19.2. The van der Waals surface area contributed by atoms with Crippen molar-refractivity contribution in [1.29, 1.82) is 0 Å². The van der Waals surface area contributed by atoms with E-state index in [-0.39, 0.29) is 17.6 Å². The molecule has 0 atom stereocenters. The Kier molecular flexibility index (Phi) is 5.20. The van der Waals surface area contributed by atoms with E-state index in [0.29, 0.717) is 37.5 Å². The molecular formula is C21H23FN6OS. The number of piperazine rings is 1. The number of anilines is 2. The number of carbonyl (C=O) groups is 1. The molecule has 2 aliphatic rings. The number of carbonyl (C=O) groups excluding carboxylic acids is 1. The van der Waals surface area contributed by atoms with Gasteiger partial charge in [-0.15, -0.1) is 0 Å². The van der Waals surface area contributed by atoms with Gasteiger partial charge in [0.05, 0.1) is 23.1 Å². The van der Waals surface area contributed by atoms with E-state index in [1.54, 1.807) is 18.3 Å². The van der Waals surface area contributed by atoms with Gasteiger partial charge in [-0.2, -0.15) is 8.75 Å². The molecule has 3 aromatic rings.